The zero-order valence-corrected chi connectivity index (χ0v) is 10.4. The molecule has 86 valence electrons. The summed E-state index contributed by atoms with van der Waals surface area (Å²) in [6, 6.07) is 0. The highest BCUT2D eigenvalue weighted by atomic mass is 14.8. The van der Waals surface area contributed by atoms with Crippen LogP contribution in [0.25, 0.3) is 0 Å². The van der Waals surface area contributed by atoms with E-state index in [2.05, 4.69) is 16.6 Å². The maximum Gasteiger partial charge on any atom is 0.0877 e. The lowest BCUT2D eigenvalue weighted by atomic mass is 10.2. The van der Waals surface area contributed by atoms with Crippen molar-refractivity contribution in [1.82, 2.24) is 0 Å². The van der Waals surface area contributed by atoms with E-state index in [1.807, 2.05) is 51.2 Å². The Morgan fingerprint density at radius 2 is 2.00 bits per heavy atom. The molecule has 0 spiro atoms. The van der Waals surface area contributed by atoms with Gasteiger partial charge in [0.1, 0.15) is 0 Å². The van der Waals surface area contributed by atoms with Gasteiger partial charge in [-0.05, 0) is 32.9 Å². The fourth-order valence-corrected chi connectivity index (χ4v) is 1.07. The van der Waals surface area contributed by atoms with Crippen LogP contribution in [-0.2, 0) is 0 Å². The molecule has 0 heterocycles. The second kappa shape index (κ2) is 9.84. The van der Waals surface area contributed by atoms with Gasteiger partial charge in [-0.15, -0.1) is 0 Å². The SMILES string of the molecule is C=C\C=C/C(=N\CC)C(=C/C=C\C)/N=C\C. The third-order valence-electron chi connectivity index (χ3n) is 1.70. The fourth-order valence-electron chi connectivity index (χ4n) is 1.07. The molecule has 0 rings (SSSR count). The molecule has 0 aromatic carbocycles. The zero-order valence-electron chi connectivity index (χ0n) is 10.4. The number of hydrogen-bond donors (Lipinski definition) is 0. The minimum atomic E-state index is 0.739. The van der Waals surface area contributed by atoms with E-state index >= 15 is 0 Å². The largest absolute Gasteiger partial charge is 0.283 e. The van der Waals surface area contributed by atoms with Crippen molar-refractivity contribution in [1.29, 1.82) is 0 Å². The molecule has 0 atom stereocenters. The highest BCUT2D eigenvalue weighted by Crippen LogP contribution is 2.03. The van der Waals surface area contributed by atoms with Crippen LogP contribution >= 0.6 is 0 Å². The number of nitrogens with zero attached hydrogens (tertiary/aromatic N) is 2. The summed E-state index contributed by atoms with van der Waals surface area (Å²) in [6.07, 6.45) is 13.1. The summed E-state index contributed by atoms with van der Waals surface area (Å²) >= 11 is 0. The van der Waals surface area contributed by atoms with Gasteiger partial charge < -0.3 is 0 Å². The predicted molar refractivity (Wildman–Crippen MR) is 74.4 cm³/mol. The summed E-state index contributed by atoms with van der Waals surface area (Å²) in [5, 5.41) is 0. The summed E-state index contributed by atoms with van der Waals surface area (Å²) in [6.45, 7) is 10.3. The van der Waals surface area contributed by atoms with Crippen LogP contribution in [0.4, 0.5) is 0 Å². The Kier molecular flexibility index (Phi) is 8.79. The Hall–Kier alpha value is -1.70. The molecule has 0 N–H and O–H groups in total. The maximum absolute atomic E-state index is 4.40. The van der Waals surface area contributed by atoms with Crippen molar-refractivity contribution in [2.45, 2.75) is 20.8 Å². The third kappa shape index (κ3) is 5.91. The number of rotatable bonds is 6. The van der Waals surface area contributed by atoms with Crippen LogP contribution < -0.4 is 0 Å². The van der Waals surface area contributed by atoms with Gasteiger partial charge in [0.2, 0.25) is 0 Å². The number of hydrogen-bond acceptors (Lipinski definition) is 2. The highest BCUT2D eigenvalue weighted by Gasteiger charge is 1.99. The van der Waals surface area contributed by atoms with E-state index < -0.39 is 0 Å². The molecule has 0 amide bonds. The van der Waals surface area contributed by atoms with Gasteiger partial charge >= 0.3 is 0 Å². The Morgan fingerprint density at radius 3 is 2.50 bits per heavy atom. The van der Waals surface area contributed by atoms with Crippen LogP contribution in [0.2, 0.25) is 0 Å². The molecular formula is C14H20N2. The summed E-state index contributed by atoms with van der Waals surface area (Å²) in [4.78, 5) is 8.70. The van der Waals surface area contributed by atoms with E-state index in [0.29, 0.717) is 0 Å². The van der Waals surface area contributed by atoms with Gasteiger partial charge in [0.15, 0.2) is 0 Å². The van der Waals surface area contributed by atoms with Crippen LogP contribution in [0.1, 0.15) is 20.8 Å². The van der Waals surface area contributed by atoms with E-state index in [4.69, 9.17) is 0 Å². The molecule has 2 nitrogen and oxygen atoms in total. The smallest absolute Gasteiger partial charge is 0.0877 e. The van der Waals surface area contributed by atoms with Crippen LogP contribution in [0, 0.1) is 0 Å². The van der Waals surface area contributed by atoms with Crippen molar-refractivity contribution in [3.05, 3.63) is 48.7 Å². The Labute approximate surface area is 98.5 Å². The van der Waals surface area contributed by atoms with Crippen LogP contribution in [0.3, 0.4) is 0 Å². The molecule has 0 bridgehead atoms. The van der Waals surface area contributed by atoms with Gasteiger partial charge in [-0.1, -0.05) is 30.9 Å². The van der Waals surface area contributed by atoms with Crippen molar-refractivity contribution < 1.29 is 0 Å². The van der Waals surface area contributed by atoms with Gasteiger partial charge in [0.25, 0.3) is 0 Å². The van der Waals surface area contributed by atoms with E-state index in [1.165, 1.54) is 0 Å². The predicted octanol–water partition coefficient (Wildman–Crippen LogP) is 3.74. The molecule has 0 saturated carbocycles. The quantitative estimate of drug-likeness (QED) is 0.477. The molecule has 0 aliphatic rings. The lowest BCUT2D eigenvalue weighted by molar-refractivity contribution is 1.13. The first-order valence-electron chi connectivity index (χ1n) is 5.45. The minimum absolute atomic E-state index is 0.739. The molecule has 0 aliphatic carbocycles. The average Bonchev–Trinajstić information content (AvgIpc) is 2.30. The minimum Gasteiger partial charge on any atom is -0.283 e. The van der Waals surface area contributed by atoms with Gasteiger partial charge in [-0.3, -0.25) is 9.98 Å². The summed E-state index contributed by atoms with van der Waals surface area (Å²) in [5.41, 5.74) is 1.74. The molecule has 0 aromatic heterocycles. The third-order valence-corrected chi connectivity index (χ3v) is 1.70. The number of aliphatic imine (C=N–C) groups is 2. The van der Waals surface area contributed by atoms with E-state index in [9.17, 15) is 0 Å². The number of allylic oxidation sites excluding steroid dienone is 6. The Balaban J connectivity index is 5.17. The van der Waals surface area contributed by atoms with E-state index in [0.717, 1.165) is 18.0 Å². The van der Waals surface area contributed by atoms with Crippen molar-refractivity contribution in [2.75, 3.05) is 6.54 Å². The first-order chi connectivity index (χ1) is 7.79. The van der Waals surface area contributed by atoms with Gasteiger partial charge in [0, 0.05) is 12.8 Å². The van der Waals surface area contributed by atoms with Crippen LogP contribution in [0.5, 0.6) is 0 Å². The fraction of sp³-hybridized carbons (Fsp3) is 0.286. The lowest BCUT2D eigenvalue weighted by Gasteiger charge is -2.00. The first kappa shape index (κ1) is 14.3. The van der Waals surface area contributed by atoms with Crippen molar-refractivity contribution in [2.24, 2.45) is 9.98 Å². The normalized spacial score (nSPS) is 14.4. The topological polar surface area (TPSA) is 24.7 Å². The van der Waals surface area contributed by atoms with Crippen molar-refractivity contribution >= 4 is 11.9 Å². The molecule has 0 fully saturated rings. The average molecular weight is 216 g/mol. The lowest BCUT2D eigenvalue weighted by Crippen LogP contribution is -1.98. The molecule has 16 heavy (non-hydrogen) atoms. The molecule has 0 aliphatic heterocycles. The van der Waals surface area contributed by atoms with Gasteiger partial charge in [-0.25, -0.2) is 0 Å². The van der Waals surface area contributed by atoms with Crippen molar-refractivity contribution in [3.8, 4) is 0 Å². The van der Waals surface area contributed by atoms with Gasteiger partial charge in [-0.2, -0.15) is 0 Å². The molecule has 0 saturated heterocycles. The molecule has 0 aromatic rings. The summed E-state index contributed by atoms with van der Waals surface area (Å²) in [5.74, 6) is 0. The molecule has 0 radical (unpaired) electrons. The second-order valence-corrected chi connectivity index (χ2v) is 2.92. The first-order valence-corrected chi connectivity index (χ1v) is 5.45. The summed E-state index contributed by atoms with van der Waals surface area (Å²) < 4.78 is 0. The van der Waals surface area contributed by atoms with Gasteiger partial charge in [0.05, 0.1) is 11.4 Å². The highest BCUT2D eigenvalue weighted by molar-refractivity contribution is 6.09. The standard InChI is InChI=1S/C14H20N2/c1-5-9-11-13(15-7-3)14(16-8-4)12-10-6-2/h5-6,8-12H,1,7H2,2-4H3/b10-6-,11-9-,14-12-,15-13+,16-8-. The van der Waals surface area contributed by atoms with Crippen LogP contribution in [0.15, 0.2) is 58.7 Å². The molecular weight excluding hydrogens is 196 g/mol. The Morgan fingerprint density at radius 1 is 1.25 bits per heavy atom. The molecule has 0 unspecified atom stereocenters. The maximum atomic E-state index is 4.40. The zero-order chi connectivity index (χ0) is 12.2. The van der Waals surface area contributed by atoms with Crippen LogP contribution in [-0.4, -0.2) is 18.5 Å². The summed E-state index contributed by atoms with van der Waals surface area (Å²) in [7, 11) is 0. The van der Waals surface area contributed by atoms with E-state index in [-0.39, 0.29) is 0 Å². The Bertz CT molecular complexity index is 342. The van der Waals surface area contributed by atoms with Crippen molar-refractivity contribution in [3.63, 3.8) is 0 Å². The molecule has 2 heteroatoms. The van der Waals surface area contributed by atoms with E-state index in [1.54, 1.807) is 12.3 Å². The second-order valence-electron chi connectivity index (χ2n) is 2.92. The monoisotopic (exact) mass is 216 g/mol.